The number of aryl methyl sites for hydroxylation is 1. The van der Waals surface area contributed by atoms with Crippen molar-refractivity contribution < 1.29 is 9.90 Å². The molecule has 1 heterocycles. The summed E-state index contributed by atoms with van der Waals surface area (Å²) in [6.45, 7) is 1.81. The van der Waals surface area contributed by atoms with Crippen LogP contribution in [-0.4, -0.2) is 28.6 Å². The van der Waals surface area contributed by atoms with Crippen molar-refractivity contribution in [1.29, 1.82) is 0 Å². The maximum absolute atomic E-state index is 11.8. The molecule has 2 N–H and O–H groups in total. The van der Waals surface area contributed by atoms with Crippen LogP contribution in [0.5, 0.6) is 5.75 Å². The van der Waals surface area contributed by atoms with E-state index in [4.69, 9.17) is 0 Å². The number of carbonyl (C=O) groups is 1. The zero-order chi connectivity index (χ0) is 11.5. The Bertz CT molecular complexity index is 400. The normalized spacial score (nSPS) is 19.7. The van der Waals surface area contributed by atoms with Crippen LogP contribution in [0.3, 0.4) is 0 Å². The van der Waals surface area contributed by atoms with E-state index in [9.17, 15) is 9.90 Å². The van der Waals surface area contributed by atoms with Crippen molar-refractivity contribution in [1.82, 2.24) is 5.32 Å². The van der Waals surface area contributed by atoms with Gasteiger partial charge in [0.2, 0.25) is 0 Å². The van der Waals surface area contributed by atoms with E-state index >= 15 is 0 Å². The maximum Gasteiger partial charge on any atom is 0.251 e. The van der Waals surface area contributed by atoms with Crippen LogP contribution in [0.25, 0.3) is 0 Å². The standard InChI is InChI=1S/C12H15NO2S/c1-8-2-3-9(6-11(8)14)12(15)13-10-4-5-16-7-10/h2-3,6,10,14H,4-5,7H2,1H3,(H,13,15). The molecule has 1 aliphatic heterocycles. The third-order valence-electron chi connectivity index (χ3n) is 2.74. The number of carbonyl (C=O) groups excluding carboxylic acids is 1. The molecule has 16 heavy (non-hydrogen) atoms. The van der Waals surface area contributed by atoms with Gasteiger partial charge in [0, 0.05) is 17.4 Å². The highest BCUT2D eigenvalue weighted by Crippen LogP contribution is 2.19. The molecular weight excluding hydrogens is 222 g/mol. The van der Waals surface area contributed by atoms with Gasteiger partial charge in [0.05, 0.1) is 0 Å². The number of amides is 1. The Morgan fingerprint density at radius 3 is 3.00 bits per heavy atom. The Labute approximate surface area is 99.2 Å². The number of hydrogen-bond donors (Lipinski definition) is 2. The first-order chi connectivity index (χ1) is 7.66. The summed E-state index contributed by atoms with van der Waals surface area (Å²) in [6, 6.07) is 5.30. The number of nitrogens with one attached hydrogen (secondary N) is 1. The molecular formula is C12H15NO2S. The van der Waals surface area contributed by atoms with Gasteiger partial charge in [0.1, 0.15) is 5.75 Å². The van der Waals surface area contributed by atoms with Gasteiger partial charge in [-0.1, -0.05) is 6.07 Å². The molecule has 0 saturated carbocycles. The molecule has 2 rings (SSSR count). The number of phenolic OH excluding ortho intramolecular Hbond substituents is 1. The predicted molar refractivity (Wildman–Crippen MR) is 66.0 cm³/mol. The minimum absolute atomic E-state index is 0.0946. The topological polar surface area (TPSA) is 49.3 Å². The molecule has 1 fully saturated rings. The molecule has 3 nitrogen and oxygen atoms in total. The van der Waals surface area contributed by atoms with Gasteiger partial charge < -0.3 is 10.4 Å². The van der Waals surface area contributed by atoms with Crippen molar-refractivity contribution >= 4 is 17.7 Å². The van der Waals surface area contributed by atoms with Gasteiger partial charge in [-0.3, -0.25) is 4.79 Å². The molecule has 1 aliphatic rings. The van der Waals surface area contributed by atoms with E-state index in [2.05, 4.69) is 5.32 Å². The highest BCUT2D eigenvalue weighted by Gasteiger charge is 2.18. The molecule has 1 atom stereocenters. The molecule has 0 aromatic heterocycles. The number of rotatable bonds is 2. The number of hydrogen-bond acceptors (Lipinski definition) is 3. The molecule has 0 aliphatic carbocycles. The Hall–Kier alpha value is -1.16. The van der Waals surface area contributed by atoms with Crippen molar-refractivity contribution in [3.8, 4) is 5.75 Å². The Kier molecular flexibility index (Phi) is 3.39. The first kappa shape index (κ1) is 11.3. The molecule has 4 heteroatoms. The SMILES string of the molecule is Cc1ccc(C(=O)NC2CCSC2)cc1O. The minimum Gasteiger partial charge on any atom is -0.508 e. The quantitative estimate of drug-likeness (QED) is 0.826. The summed E-state index contributed by atoms with van der Waals surface area (Å²) in [5.41, 5.74) is 1.31. The van der Waals surface area contributed by atoms with Crippen molar-refractivity contribution in [2.75, 3.05) is 11.5 Å². The fourth-order valence-corrected chi connectivity index (χ4v) is 2.82. The summed E-state index contributed by atoms with van der Waals surface area (Å²) in [6.07, 6.45) is 1.04. The Morgan fingerprint density at radius 2 is 2.38 bits per heavy atom. The molecule has 1 aromatic carbocycles. The highest BCUT2D eigenvalue weighted by molar-refractivity contribution is 7.99. The summed E-state index contributed by atoms with van der Waals surface area (Å²) < 4.78 is 0. The maximum atomic E-state index is 11.8. The largest absolute Gasteiger partial charge is 0.508 e. The highest BCUT2D eigenvalue weighted by atomic mass is 32.2. The summed E-state index contributed by atoms with van der Waals surface area (Å²) in [5, 5.41) is 12.5. The van der Waals surface area contributed by atoms with Gasteiger partial charge in [-0.15, -0.1) is 0 Å². The molecule has 0 spiro atoms. The lowest BCUT2D eigenvalue weighted by Gasteiger charge is -2.11. The second-order valence-corrected chi connectivity index (χ2v) is 5.19. The molecule has 0 bridgehead atoms. The number of aromatic hydroxyl groups is 1. The van der Waals surface area contributed by atoms with E-state index in [1.807, 2.05) is 18.7 Å². The monoisotopic (exact) mass is 237 g/mol. The van der Waals surface area contributed by atoms with Gasteiger partial charge in [-0.05, 0) is 36.8 Å². The minimum atomic E-state index is -0.0946. The number of phenols is 1. The molecule has 1 aromatic rings. The van der Waals surface area contributed by atoms with E-state index in [0.29, 0.717) is 5.56 Å². The molecule has 1 amide bonds. The van der Waals surface area contributed by atoms with E-state index in [0.717, 1.165) is 23.5 Å². The summed E-state index contributed by atoms with van der Waals surface area (Å²) in [7, 11) is 0. The summed E-state index contributed by atoms with van der Waals surface area (Å²) in [5.74, 6) is 2.18. The molecule has 1 unspecified atom stereocenters. The zero-order valence-corrected chi connectivity index (χ0v) is 10.0. The number of thioether (sulfide) groups is 1. The second kappa shape index (κ2) is 4.78. The van der Waals surface area contributed by atoms with Gasteiger partial charge in [-0.25, -0.2) is 0 Å². The third kappa shape index (κ3) is 2.50. The molecule has 1 saturated heterocycles. The Morgan fingerprint density at radius 1 is 1.56 bits per heavy atom. The summed E-state index contributed by atoms with van der Waals surface area (Å²) in [4.78, 5) is 11.8. The van der Waals surface area contributed by atoms with Gasteiger partial charge >= 0.3 is 0 Å². The fraction of sp³-hybridized carbons (Fsp3) is 0.417. The lowest BCUT2D eigenvalue weighted by molar-refractivity contribution is 0.0940. The third-order valence-corrected chi connectivity index (χ3v) is 3.90. The van der Waals surface area contributed by atoms with Crippen molar-refractivity contribution in [2.45, 2.75) is 19.4 Å². The average molecular weight is 237 g/mol. The van der Waals surface area contributed by atoms with Crippen molar-refractivity contribution in [3.05, 3.63) is 29.3 Å². The first-order valence-corrected chi connectivity index (χ1v) is 6.50. The van der Waals surface area contributed by atoms with Crippen LogP contribution in [0.4, 0.5) is 0 Å². The van der Waals surface area contributed by atoms with Gasteiger partial charge in [0.15, 0.2) is 0 Å². The Balaban J connectivity index is 2.05. The van der Waals surface area contributed by atoms with Crippen LogP contribution in [-0.2, 0) is 0 Å². The summed E-state index contributed by atoms with van der Waals surface area (Å²) >= 11 is 1.86. The predicted octanol–water partition coefficient (Wildman–Crippen LogP) is 1.94. The van der Waals surface area contributed by atoms with Crippen LogP contribution in [0.15, 0.2) is 18.2 Å². The van der Waals surface area contributed by atoms with Crippen LogP contribution in [0.1, 0.15) is 22.3 Å². The van der Waals surface area contributed by atoms with E-state index < -0.39 is 0 Å². The fourth-order valence-electron chi connectivity index (χ4n) is 1.67. The van der Waals surface area contributed by atoms with Crippen LogP contribution < -0.4 is 5.32 Å². The van der Waals surface area contributed by atoms with E-state index in [-0.39, 0.29) is 17.7 Å². The lowest BCUT2D eigenvalue weighted by Crippen LogP contribution is -2.34. The van der Waals surface area contributed by atoms with Gasteiger partial charge in [0.25, 0.3) is 5.91 Å². The first-order valence-electron chi connectivity index (χ1n) is 5.35. The van der Waals surface area contributed by atoms with Crippen molar-refractivity contribution in [2.24, 2.45) is 0 Å². The molecule has 0 radical (unpaired) electrons. The van der Waals surface area contributed by atoms with Crippen LogP contribution in [0, 0.1) is 6.92 Å². The average Bonchev–Trinajstić information content (AvgIpc) is 2.74. The lowest BCUT2D eigenvalue weighted by atomic mass is 10.1. The van der Waals surface area contributed by atoms with Gasteiger partial charge in [-0.2, -0.15) is 11.8 Å². The van der Waals surface area contributed by atoms with E-state index in [1.165, 1.54) is 6.07 Å². The number of benzene rings is 1. The molecule has 86 valence electrons. The smallest absolute Gasteiger partial charge is 0.251 e. The van der Waals surface area contributed by atoms with Crippen molar-refractivity contribution in [3.63, 3.8) is 0 Å². The van der Waals surface area contributed by atoms with Crippen LogP contribution in [0.2, 0.25) is 0 Å². The van der Waals surface area contributed by atoms with E-state index in [1.54, 1.807) is 12.1 Å². The second-order valence-electron chi connectivity index (χ2n) is 4.04. The zero-order valence-electron chi connectivity index (χ0n) is 9.19. The van der Waals surface area contributed by atoms with Crippen LogP contribution >= 0.6 is 11.8 Å².